The van der Waals surface area contributed by atoms with Gasteiger partial charge in [0.1, 0.15) is 12.2 Å². The highest BCUT2D eigenvalue weighted by Gasteiger charge is 2.34. The van der Waals surface area contributed by atoms with Crippen molar-refractivity contribution < 1.29 is 9.59 Å². The zero-order valence-corrected chi connectivity index (χ0v) is 16.6. The first-order valence-electron chi connectivity index (χ1n) is 9.71. The Labute approximate surface area is 175 Å². The van der Waals surface area contributed by atoms with Crippen LogP contribution in [0.4, 0.5) is 0 Å². The average Bonchev–Trinajstić information content (AvgIpc) is 3.29. The third-order valence-electron chi connectivity index (χ3n) is 5.17. The molecule has 0 N–H and O–H groups in total. The normalized spacial score (nSPS) is 13.3. The van der Waals surface area contributed by atoms with Crippen molar-refractivity contribution in [2.45, 2.75) is 19.9 Å². The highest BCUT2D eigenvalue weighted by atomic mass is 16.2. The summed E-state index contributed by atoms with van der Waals surface area (Å²) in [6.07, 6.45) is 0.276. The van der Waals surface area contributed by atoms with E-state index in [1.165, 1.54) is 20.2 Å². The van der Waals surface area contributed by atoms with Crippen molar-refractivity contribution in [1.82, 2.24) is 34.5 Å². The molecule has 0 saturated carbocycles. The molecule has 0 spiro atoms. The van der Waals surface area contributed by atoms with Crippen LogP contribution >= 0.6 is 0 Å². The molecule has 0 fully saturated rings. The van der Waals surface area contributed by atoms with E-state index in [0.717, 1.165) is 5.69 Å². The number of rotatable bonds is 5. The SMILES string of the molecule is Cc1cccc2nc(Cn3nnc(CCN4C(=O)c5ccccc5C4=O)n3)cc(=O)n12. The Morgan fingerprint density at radius 3 is 2.42 bits per heavy atom. The molecule has 3 aromatic heterocycles. The molecule has 1 aliphatic rings. The van der Waals surface area contributed by atoms with Gasteiger partial charge in [0, 0.05) is 24.7 Å². The predicted molar refractivity (Wildman–Crippen MR) is 109 cm³/mol. The zero-order chi connectivity index (χ0) is 21.5. The van der Waals surface area contributed by atoms with Crippen LogP contribution in [0.5, 0.6) is 0 Å². The van der Waals surface area contributed by atoms with Gasteiger partial charge in [-0.3, -0.25) is 23.7 Å². The summed E-state index contributed by atoms with van der Waals surface area (Å²) < 4.78 is 1.53. The maximum atomic E-state index is 12.4. The number of aryl methyl sites for hydroxylation is 1. The van der Waals surface area contributed by atoms with Crippen molar-refractivity contribution in [3.05, 3.63) is 87.2 Å². The molecule has 0 aliphatic carbocycles. The standard InChI is InChI=1S/C21H17N7O3/c1-13-5-4-8-18-22-14(11-19(29)28(13)18)12-27-24-17(23-25-27)9-10-26-20(30)15-6-2-3-7-16(15)21(26)31/h2-8,11H,9-10,12H2,1H3. The topological polar surface area (TPSA) is 115 Å². The van der Waals surface area contributed by atoms with Crippen molar-refractivity contribution in [2.75, 3.05) is 6.54 Å². The number of nitrogens with zero attached hydrogens (tertiary/aromatic N) is 7. The fourth-order valence-corrected chi connectivity index (χ4v) is 3.69. The number of imide groups is 1. The number of pyridine rings is 1. The fraction of sp³-hybridized carbons (Fsp3) is 0.190. The van der Waals surface area contributed by atoms with E-state index < -0.39 is 0 Å². The Morgan fingerprint density at radius 2 is 1.68 bits per heavy atom. The molecule has 2 amide bonds. The maximum Gasteiger partial charge on any atom is 0.261 e. The maximum absolute atomic E-state index is 12.4. The lowest BCUT2D eigenvalue weighted by atomic mass is 10.1. The van der Waals surface area contributed by atoms with Gasteiger partial charge in [-0.25, -0.2) is 4.98 Å². The highest BCUT2D eigenvalue weighted by Crippen LogP contribution is 2.22. The van der Waals surface area contributed by atoms with E-state index in [1.54, 1.807) is 30.3 Å². The van der Waals surface area contributed by atoms with Crippen molar-refractivity contribution >= 4 is 17.5 Å². The molecule has 10 nitrogen and oxygen atoms in total. The van der Waals surface area contributed by atoms with Gasteiger partial charge in [0.05, 0.1) is 16.8 Å². The molecule has 31 heavy (non-hydrogen) atoms. The van der Waals surface area contributed by atoms with Gasteiger partial charge >= 0.3 is 0 Å². The van der Waals surface area contributed by atoms with Crippen LogP contribution in [0.2, 0.25) is 0 Å². The molecule has 5 rings (SSSR count). The summed E-state index contributed by atoms with van der Waals surface area (Å²) in [6.45, 7) is 2.18. The highest BCUT2D eigenvalue weighted by molar-refractivity contribution is 6.21. The average molecular weight is 415 g/mol. The minimum absolute atomic E-state index is 0.160. The molecule has 0 atom stereocenters. The summed E-state index contributed by atoms with van der Waals surface area (Å²) in [5.74, 6) is -0.238. The molecular weight excluding hydrogens is 398 g/mol. The van der Waals surface area contributed by atoms with Gasteiger partial charge in [-0.1, -0.05) is 18.2 Å². The summed E-state index contributed by atoms with van der Waals surface area (Å²) >= 11 is 0. The van der Waals surface area contributed by atoms with E-state index in [-0.39, 0.29) is 36.9 Å². The van der Waals surface area contributed by atoms with Crippen LogP contribution in [0.3, 0.4) is 0 Å². The quantitative estimate of drug-likeness (QED) is 0.444. The molecule has 0 radical (unpaired) electrons. The minimum Gasteiger partial charge on any atom is -0.274 e. The number of hydrogen-bond donors (Lipinski definition) is 0. The summed E-state index contributed by atoms with van der Waals surface area (Å²) in [4.78, 5) is 44.3. The first kappa shape index (κ1) is 18.8. The number of carbonyl (C=O) groups is 2. The summed E-state index contributed by atoms with van der Waals surface area (Å²) in [7, 11) is 0. The Morgan fingerprint density at radius 1 is 0.935 bits per heavy atom. The predicted octanol–water partition coefficient (Wildman–Crippen LogP) is 0.876. The van der Waals surface area contributed by atoms with Crippen LogP contribution in [0.25, 0.3) is 5.65 Å². The third kappa shape index (κ3) is 3.27. The monoisotopic (exact) mass is 415 g/mol. The van der Waals surface area contributed by atoms with Gasteiger partial charge in [0.25, 0.3) is 17.4 Å². The molecule has 1 aromatic carbocycles. The summed E-state index contributed by atoms with van der Waals surface area (Å²) in [5, 5.41) is 12.3. The van der Waals surface area contributed by atoms with Crippen LogP contribution in [-0.4, -0.2) is 52.9 Å². The molecule has 154 valence electrons. The number of aromatic nitrogens is 6. The molecule has 0 bridgehead atoms. The van der Waals surface area contributed by atoms with Crippen molar-refractivity contribution in [3.63, 3.8) is 0 Å². The fourth-order valence-electron chi connectivity index (χ4n) is 3.69. The summed E-state index contributed by atoms with van der Waals surface area (Å²) in [5.41, 5.74) is 2.51. The van der Waals surface area contributed by atoms with Crippen LogP contribution in [-0.2, 0) is 13.0 Å². The Kier molecular flexibility index (Phi) is 4.39. The number of amides is 2. The van der Waals surface area contributed by atoms with Gasteiger partial charge in [-0.15, -0.1) is 10.2 Å². The molecule has 4 aromatic rings. The van der Waals surface area contributed by atoms with Gasteiger partial charge in [0.2, 0.25) is 0 Å². The van der Waals surface area contributed by atoms with Crippen LogP contribution in [0, 0.1) is 6.92 Å². The molecule has 0 unspecified atom stereocenters. The van der Waals surface area contributed by atoms with Crippen LogP contribution in [0.15, 0.2) is 53.3 Å². The van der Waals surface area contributed by atoms with E-state index in [2.05, 4.69) is 20.4 Å². The van der Waals surface area contributed by atoms with Gasteiger partial charge in [-0.05, 0) is 36.4 Å². The Balaban J connectivity index is 1.29. The van der Waals surface area contributed by atoms with E-state index in [1.807, 2.05) is 19.1 Å². The van der Waals surface area contributed by atoms with Crippen molar-refractivity contribution in [3.8, 4) is 0 Å². The lowest BCUT2D eigenvalue weighted by molar-refractivity contribution is 0.0655. The van der Waals surface area contributed by atoms with Gasteiger partial charge < -0.3 is 0 Å². The van der Waals surface area contributed by atoms with E-state index >= 15 is 0 Å². The Hall–Kier alpha value is -4.21. The zero-order valence-electron chi connectivity index (χ0n) is 16.6. The minimum atomic E-state index is -0.316. The number of carbonyl (C=O) groups excluding carboxylic acids is 2. The lowest BCUT2D eigenvalue weighted by Gasteiger charge is -2.11. The first-order chi connectivity index (χ1) is 15.0. The van der Waals surface area contributed by atoms with Crippen LogP contribution < -0.4 is 5.56 Å². The molecular formula is C21H17N7O3. The summed E-state index contributed by atoms with van der Waals surface area (Å²) in [6, 6.07) is 13.6. The van der Waals surface area contributed by atoms with E-state index in [9.17, 15) is 14.4 Å². The van der Waals surface area contributed by atoms with Gasteiger partial charge in [-0.2, -0.15) is 4.80 Å². The van der Waals surface area contributed by atoms with Crippen LogP contribution in [0.1, 0.15) is 37.9 Å². The van der Waals surface area contributed by atoms with Gasteiger partial charge in [0.15, 0.2) is 5.82 Å². The number of benzene rings is 1. The number of tetrazole rings is 1. The molecule has 0 saturated heterocycles. The van der Waals surface area contributed by atoms with E-state index in [4.69, 9.17) is 0 Å². The van der Waals surface area contributed by atoms with E-state index in [0.29, 0.717) is 28.3 Å². The number of fused-ring (bicyclic) bond motifs is 2. The molecule has 1 aliphatic heterocycles. The second kappa shape index (κ2) is 7.24. The lowest BCUT2D eigenvalue weighted by Crippen LogP contribution is -2.32. The second-order valence-corrected chi connectivity index (χ2v) is 7.24. The van der Waals surface area contributed by atoms with Crippen molar-refractivity contribution in [1.29, 1.82) is 0 Å². The molecule has 10 heteroatoms. The van der Waals surface area contributed by atoms with Crippen molar-refractivity contribution in [2.24, 2.45) is 0 Å². The Bertz CT molecular complexity index is 1370. The smallest absolute Gasteiger partial charge is 0.261 e. The first-order valence-corrected chi connectivity index (χ1v) is 9.71. The number of hydrogen-bond acceptors (Lipinski definition) is 7. The second-order valence-electron chi connectivity index (χ2n) is 7.24. The largest absolute Gasteiger partial charge is 0.274 e. The molecule has 4 heterocycles. The third-order valence-corrected chi connectivity index (χ3v) is 5.17.